The predicted octanol–water partition coefficient (Wildman–Crippen LogP) is 4.23. The second-order valence-electron chi connectivity index (χ2n) is 11.7. The van der Waals surface area contributed by atoms with Gasteiger partial charge in [-0.15, -0.1) is 0 Å². The molecule has 3 aromatic rings. The summed E-state index contributed by atoms with van der Waals surface area (Å²) in [6.07, 6.45) is 0.140. The van der Waals surface area contributed by atoms with Crippen molar-refractivity contribution < 1.29 is 27.4 Å². The molecule has 44 heavy (non-hydrogen) atoms. The predicted molar refractivity (Wildman–Crippen MR) is 168 cm³/mol. The molecule has 3 atom stereocenters. The van der Waals surface area contributed by atoms with Gasteiger partial charge in [-0.25, -0.2) is 14.4 Å². The first-order valence-corrected chi connectivity index (χ1v) is 15.5. The molecule has 4 heterocycles. The standard InChI is InChI=1S/C30H36F3IN6O4/c1-16(20-8-7-9-22(25(20)31)30(32,33)15-44-19-12-38(4)13-19)35-27-21-10-23(39(5)28(42)26(21)36-17(2)37-27)29(43-6)11-24(34)40(14-29)18(3)41/h7-10,16,19,24H,11-15H2,1-6H3,(H,35,36,37)/t16-,24+,29?/m1/s1. The SMILES string of the molecule is COC1(c2cc3c(N[C@H](C)c4cccc(C(F)(F)COC5CN(C)C5)c4F)nc(C)nc3c(=O)n2C)C[C@@H](I)N(C(C)=O)C1. The Balaban J connectivity index is 1.50. The highest BCUT2D eigenvalue weighted by Gasteiger charge is 2.47. The summed E-state index contributed by atoms with van der Waals surface area (Å²) in [6.45, 7) is 5.17. The molecule has 2 saturated heterocycles. The lowest BCUT2D eigenvalue weighted by atomic mass is 9.96. The number of anilines is 1. The van der Waals surface area contributed by atoms with Crippen molar-refractivity contribution in [1.29, 1.82) is 0 Å². The van der Waals surface area contributed by atoms with Crippen LogP contribution < -0.4 is 10.9 Å². The lowest BCUT2D eigenvalue weighted by molar-refractivity contribution is -0.134. The van der Waals surface area contributed by atoms with Gasteiger partial charge >= 0.3 is 0 Å². The van der Waals surface area contributed by atoms with Crippen LogP contribution in [0.1, 0.15) is 49.0 Å². The Kier molecular flexibility index (Phi) is 9.01. The Labute approximate surface area is 267 Å². The number of nitrogens with one attached hydrogen (secondary N) is 1. The molecule has 0 saturated carbocycles. The number of methoxy groups -OCH3 is 1. The maximum atomic E-state index is 15.7. The van der Waals surface area contributed by atoms with Crippen molar-refractivity contribution in [1.82, 2.24) is 24.3 Å². The maximum absolute atomic E-state index is 15.7. The van der Waals surface area contributed by atoms with Crippen molar-refractivity contribution in [3.8, 4) is 0 Å². The first kappa shape index (κ1) is 32.6. The second kappa shape index (κ2) is 12.2. The minimum atomic E-state index is -3.53. The molecule has 2 fully saturated rings. The molecule has 0 aliphatic carbocycles. The average Bonchev–Trinajstić information content (AvgIpc) is 3.30. The van der Waals surface area contributed by atoms with E-state index in [-0.39, 0.29) is 39.5 Å². The van der Waals surface area contributed by atoms with Crippen LogP contribution in [0, 0.1) is 12.7 Å². The second-order valence-corrected chi connectivity index (χ2v) is 13.1. The Morgan fingerprint density at radius 2 is 1.98 bits per heavy atom. The number of likely N-dealkylation sites (N-methyl/N-ethyl adjacent to an activating group) is 1. The quantitative estimate of drug-likeness (QED) is 0.199. The third-order valence-corrected chi connectivity index (χ3v) is 9.62. The number of amides is 1. The summed E-state index contributed by atoms with van der Waals surface area (Å²) in [5, 5.41) is 3.50. The Morgan fingerprint density at radius 1 is 1.27 bits per heavy atom. The number of aryl methyl sites for hydroxylation is 1. The van der Waals surface area contributed by atoms with Gasteiger partial charge in [-0.05, 0) is 33.0 Å². The minimum Gasteiger partial charge on any atom is -0.370 e. The van der Waals surface area contributed by atoms with E-state index in [1.54, 1.807) is 31.9 Å². The van der Waals surface area contributed by atoms with E-state index in [0.29, 0.717) is 36.4 Å². The van der Waals surface area contributed by atoms with Gasteiger partial charge < -0.3 is 29.2 Å². The molecule has 10 nitrogen and oxygen atoms in total. The number of fused-ring (bicyclic) bond motifs is 1. The number of carbonyl (C=O) groups excluding carboxylic acids is 1. The van der Waals surface area contributed by atoms with Gasteiger partial charge in [-0.2, -0.15) is 8.78 Å². The van der Waals surface area contributed by atoms with Crippen LogP contribution in [0.4, 0.5) is 19.0 Å². The van der Waals surface area contributed by atoms with E-state index in [0.717, 1.165) is 6.07 Å². The average molecular weight is 729 g/mol. The summed E-state index contributed by atoms with van der Waals surface area (Å²) in [6, 6.07) is 4.82. The molecular weight excluding hydrogens is 692 g/mol. The molecule has 2 aromatic heterocycles. The van der Waals surface area contributed by atoms with E-state index in [4.69, 9.17) is 9.47 Å². The Bertz CT molecular complexity index is 1650. The zero-order chi connectivity index (χ0) is 32.1. The number of alkyl halides is 3. The molecule has 1 unspecified atom stereocenters. The van der Waals surface area contributed by atoms with E-state index < -0.39 is 41.1 Å². The zero-order valence-electron chi connectivity index (χ0n) is 25.5. The molecular formula is C30H36F3IN6O4. The highest BCUT2D eigenvalue weighted by molar-refractivity contribution is 14.1. The van der Waals surface area contributed by atoms with Crippen LogP contribution in [0.2, 0.25) is 0 Å². The lowest BCUT2D eigenvalue weighted by Gasteiger charge is -2.36. The molecule has 1 amide bonds. The van der Waals surface area contributed by atoms with Crippen LogP contribution in [0.25, 0.3) is 10.9 Å². The van der Waals surface area contributed by atoms with Gasteiger partial charge in [-0.3, -0.25) is 9.59 Å². The van der Waals surface area contributed by atoms with Crippen molar-refractivity contribution in [2.75, 3.05) is 45.7 Å². The summed E-state index contributed by atoms with van der Waals surface area (Å²) in [7, 11) is 5.02. The number of hydrogen-bond acceptors (Lipinski definition) is 8. The van der Waals surface area contributed by atoms with E-state index in [2.05, 4.69) is 37.9 Å². The third kappa shape index (κ3) is 5.93. The van der Waals surface area contributed by atoms with E-state index in [1.807, 2.05) is 11.9 Å². The fraction of sp³-hybridized carbons (Fsp3) is 0.533. The van der Waals surface area contributed by atoms with Gasteiger partial charge in [-0.1, -0.05) is 34.7 Å². The van der Waals surface area contributed by atoms with Crippen LogP contribution in [-0.4, -0.2) is 80.8 Å². The number of aromatic nitrogens is 3. The number of ether oxygens (including phenoxy) is 2. The summed E-state index contributed by atoms with van der Waals surface area (Å²) >= 11 is 2.18. The summed E-state index contributed by atoms with van der Waals surface area (Å²) < 4.78 is 58.6. The van der Waals surface area contributed by atoms with Gasteiger partial charge in [0.2, 0.25) is 5.91 Å². The van der Waals surface area contributed by atoms with E-state index in [9.17, 15) is 9.59 Å². The van der Waals surface area contributed by atoms with Crippen molar-refractivity contribution in [2.45, 2.75) is 54.9 Å². The van der Waals surface area contributed by atoms with Crippen LogP contribution in [0.15, 0.2) is 29.1 Å². The minimum absolute atomic E-state index is 0.00744. The number of nitrogens with zero attached hydrogens (tertiary/aromatic N) is 5. The summed E-state index contributed by atoms with van der Waals surface area (Å²) in [4.78, 5) is 38.5. The number of rotatable bonds is 9. The Morgan fingerprint density at radius 3 is 2.59 bits per heavy atom. The Hall–Kier alpha value is -2.82. The molecule has 2 aliphatic heterocycles. The van der Waals surface area contributed by atoms with Gasteiger partial charge in [0.25, 0.3) is 11.5 Å². The number of carbonyl (C=O) groups is 1. The van der Waals surface area contributed by atoms with Crippen LogP contribution in [0.3, 0.4) is 0 Å². The van der Waals surface area contributed by atoms with E-state index in [1.165, 1.54) is 30.7 Å². The molecule has 0 radical (unpaired) electrons. The smallest absolute Gasteiger partial charge is 0.298 e. The number of benzene rings is 1. The molecule has 1 aromatic carbocycles. The lowest BCUT2D eigenvalue weighted by Crippen LogP contribution is -2.50. The van der Waals surface area contributed by atoms with Gasteiger partial charge in [0.1, 0.15) is 35.2 Å². The summed E-state index contributed by atoms with van der Waals surface area (Å²) in [5.41, 5.74) is -1.45. The maximum Gasteiger partial charge on any atom is 0.298 e. The highest BCUT2D eigenvalue weighted by Crippen LogP contribution is 2.42. The number of halogens is 4. The number of likely N-dealkylation sites (tertiary alicyclic amines) is 2. The molecule has 238 valence electrons. The van der Waals surface area contributed by atoms with Crippen molar-refractivity contribution in [2.24, 2.45) is 7.05 Å². The first-order valence-electron chi connectivity index (χ1n) is 14.3. The molecule has 0 spiro atoms. The summed E-state index contributed by atoms with van der Waals surface area (Å²) in [5.74, 6) is -4.14. The van der Waals surface area contributed by atoms with Gasteiger partial charge in [0.05, 0.1) is 39.4 Å². The fourth-order valence-corrected chi connectivity index (χ4v) is 7.30. The van der Waals surface area contributed by atoms with Crippen LogP contribution >= 0.6 is 22.6 Å². The van der Waals surface area contributed by atoms with Crippen molar-refractivity contribution in [3.05, 3.63) is 63.1 Å². The van der Waals surface area contributed by atoms with Gasteiger partial charge in [0, 0.05) is 46.2 Å². The van der Waals surface area contributed by atoms with Crippen molar-refractivity contribution in [3.63, 3.8) is 0 Å². The van der Waals surface area contributed by atoms with Crippen LogP contribution in [0.5, 0.6) is 0 Å². The molecule has 2 aliphatic rings. The largest absolute Gasteiger partial charge is 0.370 e. The van der Waals surface area contributed by atoms with E-state index >= 15 is 13.2 Å². The number of hydrogen-bond donors (Lipinski definition) is 1. The zero-order valence-corrected chi connectivity index (χ0v) is 27.6. The van der Waals surface area contributed by atoms with Crippen molar-refractivity contribution >= 4 is 45.2 Å². The molecule has 1 N–H and O–H groups in total. The molecule has 14 heteroatoms. The van der Waals surface area contributed by atoms with Gasteiger partial charge in [0.15, 0.2) is 0 Å². The monoisotopic (exact) mass is 728 g/mol. The highest BCUT2D eigenvalue weighted by atomic mass is 127. The first-order chi connectivity index (χ1) is 20.7. The molecule has 0 bridgehead atoms. The topological polar surface area (TPSA) is 102 Å². The number of pyridine rings is 1. The molecule has 5 rings (SSSR count). The third-order valence-electron chi connectivity index (χ3n) is 8.50. The normalized spacial score (nSPS) is 22.0. The fourth-order valence-electron chi connectivity index (χ4n) is 5.99. The van der Waals surface area contributed by atoms with Crippen LogP contribution in [-0.2, 0) is 32.8 Å².